The minimum absolute atomic E-state index is 0.0670. The minimum atomic E-state index is -1.17. The number of unbranched alkanes of at least 4 members (excludes halogenated alkanes) is 1. The highest BCUT2D eigenvalue weighted by Gasteiger charge is 2.27. The van der Waals surface area contributed by atoms with E-state index in [2.05, 4.69) is 0 Å². The molecule has 0 heterocycles. The van der Waals surface area contributed by atoms with Crippen molar-refractivity contribution < 1.29 is 31.4 Å². The second-order valence-electron chi connectivity index (χ2n) is 9.68. The molecular formula is C30H31F5O2. The van der Waals surface area contributed by atoms with Crippen molar-refractivity contribution in [2.24, 2.45) is 0 Å². The molecule has 0 radical (unpaired) electrons. The molecule has 198 valence electrons. The fraction of sp³-hybridized carbons (Fsp3) is 0.400. The van der Waals surface area contributed by atoms with Crippen molar-refractivity contribution in [3.8, 4) is 11.5 Å². The van der Waals surface area contributed by atoms with Crippen LogP contribution in [0.5, 0.6) is 11.5 Å². The average molecular weight is 519 g/mol. The van der Waals surface area contributed by atoms with E-state index < -0.39 is 29.1 Å². The predicted octanol–water partition coefficient (Wildman–Crippen LogP) is 8.89. The Morgan fingerprint density at radius 2 is 1.38 bits per heavy atom. The number of hydrogen-bond acceptors (Lipinski definition) is 2. The van der Waals surface area contributed by atoms with Crippen molar-refractivity contribution in [1.82, 2.24) is 0 Å². The Morgan fingerprint density at radius 3 is 2.03 bits per heavy atom. The van der Waals surface area contributed by atoms with E-state index in [4.69, 9.17) is 9.47 Å². The van der Waals surface area contributed by atoms with Crippen LogP contribution in [0.15, 0.2) is 42.5 Å². The lowest BCUT2D eigenvalue weighted by Crippen LogP contribution is -2.14. The van der Waals surface area contributed by atoms with E-state index in [1.807, 2.05) is 6.92 Å². The van der Waals surface area contributed by atoms with Crippen LogP contribution >= 0.6 is 0 Å². The zero-order valence-electron chi connectivity index (χ0n) is 21.1. The number of benzene rings is 3. The smallest absolute Gasteiger partial charge is 0.204 e. The Balaban J connectivity index is 1.36. The fourth-order valence-corrected chi connectivity index (χ4v) is 4.87. The molecular weight excluding hydrogens is 487 g/mol. The van der Waals surface area contributed by atoms with Crippen LogP contribution < -0.4 is 9.47 Å². The van der Waals surface area contributed by atoms with Gasteiger partial charge >= 0.3 is 0 Å². The molecule has 0 unspecified atom stereocenters. The monoisotopic (exact) mass is 518 g/mol. The molecule has 2 nitrogen and oxygen atoms in total. The van der Waals surface area contributed by atoms with E-state index in [-0.39, 0.29) is 47.7 Å². The minimum Gasteiger partial charge on any atom is -0.490 e. The molecule has 0 atom stereocenters. The lowest BCUT2D eigenvalue weighted by atomic mass is 9.76. The molecule has 1 aliphatic rings. The SMILES string of the molecule is CCCCOc1ccc(OCc2ccc(C3CCC(c4ccc(C)c(F)c4F)CC3)cc2F)c(F)c1F. The molecule has 0 N–H and O–H groups in total. The van der Waals surface area contributed by atoms with Gasteiger partial charge in [-0.15, -0.1) is 0 Å². The summed E-state index contributed by atoms with van der Waals surface area (Å²) in [5.41, 5.74) is 1.74. The van der Waals surface area contributed by atoms with Gasteiger partial charge in [-0.2, -0.15) is 8.78 Å². The van der Waals surface area contributed by atoms with Crippen LogP contribution in [0.25, 0.3) is 0 Å². The number of hydrogen-bond donors (Lipinski definition) is 0. The summed E-state index contributed by atoms with van der Waals surface area (Å²) in [6.45, 7) is 3.53. The molecule has 7 heteroatoms. The Bertz CT molecular complexity index is 1240. The number of halogens is 5. The maximum atomic E-state index is 14.8. The van der Waals surface area contributed by atoms with Gasteiger partial charge in [-0.05, 0) is 85.8 Å². The maximum absolute atomic E-state index is 14.8. The summed E-state index contributed by atoms with van der Waals surface area (Å²) in [5.74, 6) is -4.82. The van der Waals surface area contributed by atoms with Crippen LogP contribution in [0, 0.1) is 36.0 Å². The zero-order chi connectivity index (χ0) is 26.5. The Labute approximate surface area is 214 Å². The van der Waals surface area contributed by atoms with Gasteiger partial charge in [0.1, 0.15) is 12.4 Å². The Morgan fingerprint density at radius 1 is 0.730 bits per heavy atom. The summed E-state index contributed by atoms with van der Waals surface area (Å²) >= 11 is 0. The van der Waals surface area contributed by atoms with Crippen molar-refractivity contribution in [3.05, 3.63) is 93.8 Å². The van der Waals surface area contributed by atoms with Crippen LogP contribution in [0.3, 0.4) is 0 Å². The van der Waals surface area contributed by atoms with Crippen molar-refractivity contribution in [1.29, 1.82) is 0 Å². The largest absolute Gasteiger partial charge is 0.490 e. The van der Waals surface area contributed by atoms with Crippen molar-refractivity contribution in [3.63, 3.8) is 0 Å². The Kier molecular flexibility index (Phi) is 8.72. The predicted molar refractivity (Wildman–Crippen MR) is 133 cm³/mol. The summed E-state index contributed by atoms with van der Waals surface area (Å²) in [7, 11) is 0. The summed E-state index contributed by atoms with van der Waals surface area (Å²) in [4.78, 5) is 0. The van der Waals surface area contributed by atoms with E-state index in [1.165, 1.54) is 25.1 Å². The van der Waals surface area contributed by atoms with Gasteiger partial charge in [0.15, 0.2) is 23.1 Å². The fourth-order valence-electron chi connectivity index (χ4n) is 4.87. The first-order valence-corrected chi connectivity index (χ1v) is 12.8. The van der Waals surface area contributed by atoms with Gasteiger partial charge in [-0.1, -0.05) is 37.6 Å². The van der Waals surface area contributed by atoms with Gasteiger partial charge in [0.25, 0.3) is 0 Å². The van der Waals surface area contributed by atoms with Crippen molar-refractivity contribution in [2.45, 2.75) is 70.8 Å². The molecule has 0 bridgehead atoms. The highest BCUT2D eigenvalue weighted by molar-refractivity contribution is 5.36. The van der Waals surface area contributed by atoms with Crippen LogP contribution in [-0.4, -0.2) is 6.61 Å². The molecule has 0 spiro atoms. The first kappa shape index (κ1) is 27.0. The molecule has 3 aromatic carbocycles. The van der Waals surface area contributed by atoms with Gasteiger partial charge < -0.3 is 9.47 Å². The molecule has 0 aromatic heterocycles. The molecule has 4 rings (SSSR count). The molecule has 1 fully saturated rings. The second-order valence-corrected chi connectivity index (χ2v) is 9.68. The van der Waals surface area contributed by atoms with Crippen LogP contribution in [-0.2, 0) is 6.61 Å². The molecule has 37 heavy (non-hydrogen) atoms. The first-order chi connectivity index (χ1) is 17.8. The lowest BCUT2D eigenvalue weighted by Gasteiger charge is -2.29. The molecule has 1 saturated carbocycles. The first-order valence-electron chi connectivity index (χ1n) is 12.8. The van der Waals surface area contributed by atoms with Gasteiger partial charge in [0.2, 0.25) is 11.6 Å². The van der Waals surface area contributed by atoms with E-state index in [0.717, 1.165) is 31.2 Å². The van der Waals surface area contributed by atoms with Crippen molar-refractivity contribution in [2.75, 3.05) is 6.61 Å². The third kappa shape index (κ3) is 6.08. The summed E-state index contributed by atoms with van der Waals surface area (Å²) in [6.07, 6.45) is 4.41. The number of aryl methyl sites for hydroxylation is 1. The lowest BCUT2D eigenvalue weighted by molar-refractivity contribution is 0.264. The van der Waals surface area contributed by atoms with Gasteiger partial charge in [-0.25, -0.2) is 13.2 Å². The van der Waals surface area contributed by atoms with Crippen molar-refractivity contribution >= 4 is 0 Å². The van der Waals surface area contributed by atoms with E-state index in [0.29, 0.717) is 18.4 Å². The maximum Gasteiger partial charge on any atom is 0.204 e. The molecule has 0 aliphatic heterocycles. The standard InChI is InChI=1S/C30H31F5O2/c1-3-4-15-36-25-13-14-26(30(35)29(25)34)37-17-22-11-10-21(16-24(22)31)19-6-8-20(9-7-19)23-12-5-18(2)27(32)28(23)33/h5,10-14,16,19-20H,3-4,6-9,15,17H2,1-2H3. The van der Waals surface area contributed by atoms with Crippen LogP contribution in [0.1, 0.15) is 79.5 Å². The van der Waals surface area contributed by atoms with E-state index in [9.17, 15) is 22.0 Å². The zero-order valence-corrected chi connectivity index (χ0v) is 21.1. The molecule has 3 aromatic rings. The van der Waals surface area contributed by atoms with E-state index in [1.54, 1.807) is 24.3 Å². The molecule has 0 saturated heterocycles. The van der Waals surface area contributed by atoms with Crippen LogP contribution in [0.4, 0.5) is 22.0 Å². The second kappa shape index (κ2) is 12.0. The normalized spacial score (nSPS) is 17.6. The van der Waals surface area contributed by atoms with E-state index >= 15 is 0 Å². The third-order valence-corrected chi connectivity index (χ3v) is 7.17. The average Bonchev–Trinajstić information content (AvgIpc) is 2.90. The summed E-state index contributed by atoms with van der Waals surface area (Å²) in [5, 5.41) is 0. The highest BCUT2D eigenvalue weighted by Crippen LogP contribution is 2.42. The molecule has 1 aliphatic carbocycles. The quantitative estimate of drug-likeness (QED) is 0.208. The number of rotatable bonds is 9. The topological polar surface area (TPSA) is 18.5 Å². The summed E-state index contributed by atoms with van der Waals surface area (Å²) < 4.78 is 82.5. The van der Waals surface area contributed by atoms with Crippen LogP contribution in [0.2, 0.25) is 0 Å². The summed E-state index contributed by atoms with van der Waals surface area (Å²) in [6, 6.07) is 10.7. The van der Waals surface area contributed by atoms with Gasteiger partial charge in [0.05, 0.1) is 6.61 Å². The van der Waals surface area contributed by atoms with Gasteiger partial charge in [0, 0.05) is 5.56 Å². The highest BCUT2D eigenvalue weighted by atomic mass is 19.2. The number of ether oxygens (including phenoxy) is 2. The molecule has 0 amide bonds. The third-order valence-electron chi connectivity index (χ3n) is 7.17. The Hall–Kier alpha value is -3.09. The van der Waals surface area contributed by atoms with Gasteiger partial charge in [-0.3, -0.25) is 0 Å².